The first kappa shape index (κ1) is 16.3. The topological polar surface area (TPSA) is 49.9 Å². The Labute approximate surface area is 127 Å². The third-order valence-corrected chi connectivity index (χ3v) is 5.60. The van der Waals surface area contributed by atoms with Gasteiger partial charge in [0.2, 0.25) is 10.0 Å². The van der Waals surface area contributed by atoms with Gasteiger partial charge in [-0.25, -0.2) is 8.42 Å². The number of ether oxygens (including phenoxy) is 1. The molecule has 0 aliphatic carbocycles. The van der Waals surface area contributed by atoms with E-state index >= 15 is 0 Å². The number of sulfonamides is 1. The molecule has 0 unspecified atom stereocenters. The van der Waals surface area contributed by atoms with E-state index in [9.17, 15) is 8.42 Å². The summed E-state index contributed by atoms with van der Waals surface area (Å²) < 4.78 is 32.4. The summed E-state index contributed by atoms with van der Waals surface area (Å²) in [6.45, 7) is 7.21. The van der Waals surface area contributed by atoms with Gasteiger partial charge in [-0.3, -0.25) is 0 Å². The number of piperazine rings is 1. The molecule has 0 aromatic heterocycles. The minimum Gasteiger partial charge on any atom is -0.493 e. The van der Waals surface area contributed by atoms with Gasteiger partial charge in [-0.05, 0) is 44.2 Å². The van der Waals surface area contributed by atoms with Crippen LogP contribution < -0.4 is 4.74 Å². The zero-order valence-corrected chi connectivity index (χ0v) is 13.8. The summed E-state index contributed by atoms with van der Waals surface area (Å²) in [4.78, 5) is 2.49. The lowest BCUT2D eigenvalue weighted by Gasteiger charge is -2.31. The Bertz CT molecular complexity index is 579. The second-order valence-corrected chi connectivity index (χ2v) is 7.42. The zero-order chi connectivity index (χ0) is 15.5. The van der Waals surface area contributed by atoms with Crippen LogP contribution in [-0.2, 0) is 10.0 Å². The predicted octanol–water partition coefficient (Wildman–Crippen LogP) is 1.72. The van der Waals surface area contributed by atoms with E-state index in [2.05, 4.69) is 4.90 Å². The van der Waals surface area contributed by atoms with Crippen LogP contribution in [0.2, 0.25) is 0 Å². The fourth-order valence-corrected chi connectivity index (χ4v) is 3.84. The highest BCUT2D eigenvalue weighted by Crippen LogP contribution is 2.24. The van der Waals surface area contributed by atoms with Crippen LogP contribution in [0.4, 0.5) is 0 Å². The van der Waals surface area contributed by atoms with Crippen molar-refractivity contribution in [2.75, 3.05) is 39.8 Å². The summed E-state index contributed by atoms with van der Waals surface area (Å²) in [5.41, 5.74) is 0.860. The van der Waals surface area contributed by atoms with E-state index in [1.165, 1.54) is 0 Å². The molecule has 0 amide bonds. The summed E-state index contributed by atoms with van der Waals surface area (Å²) in [5, 5.41) is 0. The van der Waals surface area contributed by atoms with Gasteiger partial charge in [0, 0.05) is 26.2 Å². The average Bonchev–Trinajstić information content (AvgIpc) is 2.46. The maximum atomic E-state index is 12.6. The van der Waals surface area contributed by atoms with E-state index in [-0.39, 0.29) is 0 Å². The van der Waals surface area contributed by atoms with Gasteiger partial charge in [0.15, 0.2) is 0 Å². The van der Waals surface area contributed by atoms with Gasteiger partial charge in [0.25, 0.3) is 0 Å². The number of hydrogen-bond acceptors (Lipinski definition) is 4. The van der Waals surface area contributed by atoms with E-state index in [4.69, 9.17) is 4.74 Å². The average molecular weight is 312 g/mol. The van der Waals surface area contributed by atoms with E-state index in [1.807, 2.05) is 20.9 Å². The molecular formula is C15H24N2O3S. The third-order valence-electron chi connectivity index (χ3n) is 3.71. The van der Waals surface area contributed by atoms with Gasteiger partial charge < -0.3 is 9.64 Å². The molecule has 0 atom stereocenters. The van der Waals surface area contributed by atoms with Gasteiger partial charge in [0.1, 0.15) is 5.75 Å². The lowest BCUT2D eigenvalue weighted by atomic mass is 10.2. The van der Waals surface area contributed by atoms with Crippen molar-refractivity contribution in [3.8, 4) is 5.75 Å². The molecule has 1 aliphatic heterocycles. The molecule has 1 heterocycles. The molecule has 5 nitrogen and oxygen atoms in total. The normalized spacial score (nSPS) is 17.9. The van der Waals surface area contributed by atoms with E-state index in [1.54, 1.807) is 22.5 Å². The van der Waals surface area contributed by atoms with Gasteiger partial charge >= 0.3 is 0 Å². The Balaban J connectivity index is 2.18. The molecule has 1 fully saturated rings. The Kier molecular flexibility index (Phi) is 5.24. The van der Waals surface area contributed by atoms with Crippen LogP contribution in [-0.4, -0.2) is 57.5 Å². The van der Waals surface area contributed by atoms with E-state index in [0.29, 0.717) is 24.6 Å². The van der Waals surface area contributed by atoms with Crippen molar-refractivity contribution in [1.82, 2.24) is 9.21 Å². The number of aryl methyl sites for hydroxylation is 1. The summed E-state index contributed by atoms with van der Waals surface area (Å²) >= 11 is 0. The number of hydrogen-bond donors (Lipinski definition) is 0. The second kappa shape index (κ2) is 6.77. The molecule has 0 N–H and O–H groups in total. The minimum atomic E-state index is -3.39. The van der Waals surface area contributed by atoms with Gasteiger partial charge in [-0.15, -0.1) is 0 Å². The van der Waals surface area contributed by atoms with Crippen LogP contribution in [0.3, 0.4) is 0 Å². The monoisotopic (exact) mass is 312 g/mol. The first-order chi connectivity index (χ1) is 9.95. The highest BCUT2D eigenvalue weighted by atomic mass is 32.2. The minimum absolute atomic E-state index is 0.355. The number of benzene rings is 1. The Hall–Kier alpha value is -1.11. The van der Waals surface area contributed by atoms with E-state index in [0.717, 1.165) is 30.8 Å². The van der Waals surface area contributed by atoms with Crippen LogP contribution in [0.25, 0.3) is 0 Å². The summed E-state index contributed by atoms with van der Waals surface area (Å²) in [7, 11) is -1.39. The quantitative estimate of drug-likeness (QED) is 0.831. The first-order valence-electron chi connectivity index (χ1n) is 7.37. The lowest BCUT2D eigenvalue weighted by Crippen LogP contribution is -2.47. The number of rotatable bonds is 5. The molecule has 1 aromatic rings. The predicted molar refractivity (Wildman–Crippen MR) is 83.2 cm³/mol. The molecule has 0 saturated carbocycles. The lowest BCUT2D eigenvalue weighted by molar-refractivity contribution is 0.222. The molecule has 0 radical (unpaired) electrons. The molecule has 6 heteroatoms. The standard InChI is InChI=1S/C15H24N2O3S/c1-4-11-20-15-6-5-14(12-13(15)2)21(18,19)17-9-7-16(3)8-10-17/h5-6,12H,4,7-11H2,1-3H3. The third kappa shape index (κ3) is 3.75. The van der Waals surface area contributed by atoms with Crippen molar-refractivity contribution in [1.29, 1.82) is 0 Å². The van der Waals surface area contributed by atoms with Crippen LogP contribution in [0.15, 0.2) is 23.1 Å². The molecule has 118 valence electrons. The fraction of sp³-hybridized carbons (Fsp3) is 0.600. The van der Waals surface area contributed by atoms with Crippen molar-refractivity contribution >= 4 is 10.0 Å². The molecule has 1 aliphatic rings. The largest absolute Gasteiger partial charge is 0.493 e. The smallest absolute Gasteiger partial charge is 0.243 e. The van der Waals surface area contributed by atoms with Gasteiger partial charge in [-0.1, -0.05) is 6.92 Å². The van der Waals surface area contributed by atoms with Gasteiger partial charge in [-0.2, -0.15) is 4.31 Å². The van der Waals surface area contributed by atoms with Crippen molar-refractivity contribution in [2.45, 2.75) is 25.2 Å². The van der Waals surface area contributed by atoms with Crippen molar-refractivity contribution < 1.29 is 13.2 Å². The maximum Gasteiger partial charge on any atom is 0.243 e. The Morgan fingerprint density at radius 3 is 2.43 bits per heavy atom. The fourth-order valence-electron chi connectivity index (χ4n) is 2.33. The number of nitrogens with zero attached hydrogens (tertiary/aromatic N) is 2. The highest BCUT2D eigenvalue weighted by Gasteiger charge is 2.27. The van der Waals surface area contributed by atoms with E-state index < -0.39 is 10.0 Å². The summed E-state index contributed by atoms with van der Waals surface area (Å²) in [6, 6.07) is 5.11. The van der Waals surface area contributed by atoms with Crippen LogP contribution >= 0.6 is 0 Å². The summed E-state index contributed by atoms with van der Waals surface area (Å²) in [6.07, 6.45) is 0.931. The van der Waals surface area contributed by atoms with Crippen LogP contribution in [0, 0.1) is 6.92 Å². The van der Waals surface area contributed by atoms with Crippen molar-refractivity contribution in [3.63, 3.8) is 0 Å². The molecule has 1 aromatic carbocycles. The molecular weight excluding hydrogens is 288 g/mol. The molecule has 2 rings (SSSR count). The molecule has 0 bridgehead atoms. The van der Waals surface area contributed by atoms with Crippen LogP contribution in [0.5, 0.6) is 5.75 Å². The summed E-state index contributed by atoms with van der Waals surface area (Å²) in [5.74, 6) is 0.758. The molecule has 21 heavy (non-hydrogen) atoms. The number of likely N-dealkylation sites (N-methyl/N-ethyl adjacent to an activating group) is 1. The molecule has 0 spiro atoms. The van der Waals surface area contributed by atoms with Crippen molar-refractivity contribution in [3.05, 3.63) is 23.8 Å². The Morgan fingerprint density at radius 2 is 1.86 bits per heavy atom. The van der Waals surface area contributed by atoms with Crippen LogP contribution in [0.1, 0.15) is 18.9 Å². The highest BCUT2D eigenvalue weighted by molar-refractivity contribution is 7.89. The first-order valence-corrected chi connectivity index (χ1v) is 8.81. The zero-order valence-electron chi connectivity index (χ0n) is 13.0. The Morgan fingerprint density at radius 1 is 1.19 bits per heavy atom. The van der Waals surface area contributed by atoms with Crippen molar-refractivity contribution in [2.24, 2.45) is 0 Å². The van der Waals surface area contributed by atoms with Gasteiger partial charge in [0.05, 0.1) is 11.5 Å². The SMILES string of the molecule is CCCOc1ccc(S(=O)(=O)N2CCN(C)CC2)cc1C. The molecule has 1 saturated heterocycles. The maximum absolute atomic E-state index is 12.6. The second-order valence-electron chi connectivity index (χ2n) is 5.48.